The Morgan fingerprint density at radius 2 is 1.88 bits per heavy atom. The molecule has 0 saturated carbocycles. The van der Waals surface area contributed by atoms with Crippen molar-refractivity contribution in [3.05, 3.63) is 28.2 Å². The fourth-order valence-electron chi connectivity index (χ4n) is 1.39. The van der Waals surface area contributed by atoms with Crippen LogP contribution in [0.1, 0.15) is 24.2 Å². The molecule has 0 radical (unpaired) electrons. The Bertz CT molecular complexity index is 437. The first-order valence-electron chi connectivity index (χ1n) is 5.21. The average molecular weight is 321 g/mol. The Kier molecular flexibility index (Phi) is 5.53. The van der Waals surface area contributed by atoms with Crippen molar-refractivity contribution in [2.24, 2.45) is 0 Å². The summed E-state index contributed by atoms with van der Waals surface area (Å²) in [4.78, 5) is 11.0. The molecule has 0 unspecified atom stereocenters. The van der Waals surface area contributed by atoms with Crippen LogP contribution >= 0.6 is 23.5 Å². The molecule has 1 aromatic rings. The first-order chi connectivity index (χ1) is 8.07. The molecule has 94 valence electrons. The van der Waals surface area contributed by atoms with Crippen molar-refractivity contribution in [3.8, 4) is 0 Å². The van der Waals surface area contributed by atoms with E-state index in [1.165, 1.54) is 0 Å². The van der Waals surface area contributed by atoms with Crippen LogP contribution in [0, 0.1) is 0 Å². The quantitative estimate of drug-likeness (QED) is 0.597. The van der Waals surface area contributed by atoms with E-state index >= 15 is 0 Å². The van der Waals surface area contributed by atoms with E-state index in [9.17, 15) is 9.36 Å². The molecule has 6 heteroatoms. The minimum atomic E-state index is -3.40. The molecule has 0 aliphatic carbocycles. The van der Waals surface area contributed by atoms with Gasteiger partial charge in [0.25, 0.3) is 0 Å². The molecule has 4 nitrogen and oxygen atoms in total. The van der Waals surface area contributed by atoms with Gasteiger partial charge in [0.05, 0.1) is 18.5 Å². The lowest BCUT2D eigenvalue weighted by Crippen LogP contribution is -2.15. The van der Waals surface area contributed by atoms with Crippen LogP contribution in [-0.2, 0) is 13.6 Å². The number of carbonyl (C=O) groups excluding carboxylic acids is 1. The van der Waals surface area contributed by atoms with Crippen molar-refractivity contribution in [1.82, 2.24) is 0 Å². The summed E-state index contributed by atoms with van der Waals surface area (Å²) in [6.07, 6.45) is 0.644. The van der Waals surface area contributed by atoms with Crippen molar-refractivity contribution >= 4 is 35.1 Å². The van der Waals surface area contributed by atoms with Crippen molar-refractivity contribution in [2.45, 2.75) is 13.8 Å². The SMILES string of the molecule is CCOP(=O)(OCC)c1ccc(Br)cc1C=O. The number of aldehydes is 1. The van der Waals surface area contributed by atoms with Gasteiger partial charge in [-0.1, -0.05) is 15.9 Å². The van der Waals surface area contributed by atoms with Crippen LogP contribution in [0.3, 0.4) is 0 Å². The number of carbonyl (C=O) groups is 1. The van der Waals surface area contributed by atoms with E-state index in [2.05, 4.69) is 15.9 Å². The summed E-state index contributed by atoms with van der Waals surface area (Å²) in [6.45, 7) is 3.97. The van der Waals surface area contributed by atoms with E-state index in [4.69, 9.17) is 9.05 Å². The van der Waals surface area contributed by atoms with Gasteiger partial charge >= 0.3 is 7.60 Å². The summed E-state index contributed by atoms with van der Waals surface area (Å²) in [6, 6.07) is 4.87. The molecule has 0 aromatic heterocycles. The van der Waals surface area contributed by atoms with Crippen LogP contribution in [0.2, 0.25) is 0 Å². The highest BCUT2D eigenvalue weighted by atomic mass is 79.9. The zero-order valence-corrected chi connectivity index (χ0v) is 12.2. The number of rotatable bonds is 6. The topological polar surface area (TPSA) is 52.6 Å². The summed E-state index contributed by atoms with van der Waals surface area (Å²) in [5.41, 5.74) is 0.310. The standard InChI is InChI=1S/C11H14BrO4P/c1-3-15-17(14,16-4-2)11-6-5-10(12)7-9(11)8-13/h5-8H,3-4H2,1-2H3. The maximum Gasteiger partial charge on any atom is 0.362 e. The highest BCUT2D eigenvalue weighted by Crippen LogP contribution is 2.47. The lowest BCUT2D eigenvalue weighted by atomic mass is 10.2. The summed E-state index contributed by atoms with van der Waals surface area (Å²) in [5.74, 6) is 0. The van der Waals surface area contributed by atoms with E-state index in [0.29, 0.717) is 17.2 Å². The second-order valence-corrected chi connectivity index (χ2v) is 6.06. The molecule has 0 fully saturated rings. The van der Waals surface area contributed by atoms with Gasteiger partial charge in [-0.3, -0.25) is 9.36 Å². The number of halogens is 1. The van der Waals surface area contributed by atoms with Gasteiger partial charge in [0.2, 0.25) is 0 Å². The summed E-state index contributed by atoms with van der Waals surface area (Å²) in [5, 5.41) is 0.305. The normalized spacial score (nSPS) is 11.5. The third-order valence-electron chi connectivity index (χ3n) is 2.01. The maximum atomic E-state index is 12.5. The van der Waals surface area contributed by atoms with Gasteiger partial charge in [-0.25, -0.2) is 0 Å². The Balaban J connectivity index is 3.27. The molecule has 0 spiro atoms. The van der Waals surface area contributed by atoms with Crippen LogP contribution in [0.4, 0.5) is 0 Å². The highest BCUT2D eigenvalue weighted by Gasteiger charge is 2.29. The maximum absolute atomic E-state index is 12.5. The molecule has 0 saturated heterocycles. The second kappa shape index (κ2) is 6.45. The molecule has 0 atom stereocenters. The van der Waals surface area contributed by atoms with Crippen LogP contribution in [-0.4, -0.2) is 19.5 Å². The van der Waals surface area contributed by atoms with Gasteiger partial charge in [0.15, 0.2) is 6.29 Å². The molecule has 17 heavy (non-hydrogen) atoms. The fourth-order valence-corrected chi connectivity index (χ4v) is 3.49. The molecule has 0 bridgehead atoms. The molecule has 0 N–H and O–H groups in total. The number of hydrogen-bond acceptors (Lipinski definition) is 4. The van der Waals surface area contributed by atoms with Gasteiger partial charge in [0, 0.05) is 10.0 Å². The third-order valence-corrected chi connectivity index (χ3v) is 4.70. The van der Waals surface area contributed by atoms with Gasteiger partial charge < -0.3 is 9.05 Å². The Morgan fingerprint density at radius 3 is 2.35 bits per heavy atom. The van der Waals surface area contributed by atoms with Crippen molar-refractivity contribution in [2.75, 3.05) is 13.2 Å². The number of benzene rings is 1. The van der Waals surface area contributed by atoms with Crippen LogP contribution in [0.25, 0.3) is 0 Å². The summed E-state index contributed by atoms with van der Waals surface area (Å²) in [7, 11) is -3.40. The van der Waals surface area contributed by atoms with E-state index in [-0.39, 0.29) is 13.2 Å². The lowest BCUT2D eigenvalue weighted by Gasteiger charge is -2.18. The van der Waals surface area contributed by atoms with Gasteiger partial charge in [-0.2, -0.15) is 0 Å². The van der Waals surface area contributed by atoms with Gasteiger partial charge in [-0.15, -0.1) is 0 Å². The lowest BCUT2D eigenvalue weighted by molar-refractivity contribution is 0.112. The van der Waals surface area contributed by atoms with E-state index < -0.39 is 7.60 Å². The predicted octanol–water partition coefficient (Wildman–Crippen LogP) is 3.15. The monoisotopic (exact) mass is 320 g/mol. The minimum Gasteiger partial charge on any atom is -0.305 e. The second-order valence-electron chi connectivity index (χ2n) is 3.15. The predicted molar refractivity (Wildman–Crippen MR) is 70.0 cm³/mol. The Hall–Kier alpha value is -0.480. The van der Waals surface area contributed by atoms with E-state index in [1.807, 2.05) is 0 Å². The van der Waals surface area contributed by atoms with Crippen molar-refractivity contribution in [1.29, 1.82) is 0 Å². The average Bonchev–Trinajstić information content (AvgIpc) is 2.29. The van der Waals surface area contributed by atoms with Crippen molar-refractivity contribution < 1.29 is 18.4 Å². The van der Waals surface area contributed by atoms with Crippen molar-refractivity contribution in [3.63, 3.8) is 0 Å². The zero-order chi connectivity index (χ0) is 12.9. The van der Waals surface area contributed by atoms with E-state index in [1.54, 1.807) is 32.0 Å². The summed E-state index contributed by atoms with van der Waals surface area (Å²) < 4.78 is 23.6. The molecule has 1 aromatic carbocycles. The molecule has 0 aliphatic heterocycles. The molecule has 0 heterocycles. The highest BCUT2D eigenvalue weighted by molar-refractivity contribution is 9.10. The zero-order valence-electron chi connectivity index (χ0n) is 9.68. The first kappa shape index (κ1) is 14.6. The van der Waals surface area contributed by atoms with Crippen LogP contribution in [0.15, 0.2) is 22.7 Å². The fraction of sp³-hybridized carbons (Fsp3) is 0.364. The van der Waals surface area contributed by atoms with Gasteiger partial charge in [-0.05, 0) is 32.0 Å². The van der Waals surface area contributed by atoms with E-state index in [0.717, 1.165) is 4.47 Å². The number of hydrogen-bond donors (Lipinski definition) is 0. The third kappa shape index (κ3) is 3.49. The Morgan fingerprint density at radius 1 is 1.29 bits per heavy atom. The Labute approximate surface area is 109 Å². The van der Waals surface area contributed by atoms with Gasteiger partial charge in [0.1, 0.15) is 0 Å². The van der Waals surface area contributed by atoms with Crippen LogP contribution < -0.4 is 5.30 Å². The van der Waals surface area contributed by atoms with Crippen LogP contribution in [0.5, 0.6) is 0 Å². The molecular formula is C11H14BrO4P. The largest absolute Gasteiger partial charge is 0.362 e. The molecule has 0 amide bonds. The minimum absolute atomic E-state index is 0.256. The molecule has 1 rings (SSSR count). The molecular weight excluding hydrogens is 307 g/mol. The molecule has 0 aliphatic rings. The smallest absolute Gasteiger partial charge is 0.305 e. The first-order valence-corrected chi connectivity index (χ1v) is 7.55. The summed E-state index contributed by atoms with van der Waals surface area (Å²) >= 11 is 3.25.